The molecule has 0 fully saturated rings. The van der Waals surface area contributed by atoms with Crippen molar-refractivity contribution in [2.75, 3.05) is 17.4 Å². The highest BCUT2D eigenvalue weighted by Gasteiger charge is 2.35. The molecule has 0 bridgehead atoms. The zero-order valence-corrected chi connectivity index (χ0v) is 27.1. The summed E-state index contributed by atoms with van der Waals surface area (Å²) in [5.41, 5.74) is 1.65. The van der Waals surface area contributed by atoms with Gasteiger partial charge in [-0.25, -0.2) is 12.8 Å². The Hall–Kier alpha value is -4.21. The van der Waals surface area contributed by atoms with Crippen LogP contribution in [0.1, 0.15) is 30.5 Å². The van der Waals surface area contributed by atoms with E-state index in [1.165, 1.54) is 29.2 Å². The summed E-state index contributed by atoms with van der Waals surface area (Å²) in [6.45, 7) is 5.02. The number of hydrogen-bond acceptors (Lipinski definition) is 4. The first kappa shape index (κ1) is 33.7. The van der Waals surface area contributed by atoms with Crippen LogP contribution in [-0.4, -0.2) is 44.3 Å². The molecule has 236 valence electrons. The molecule has 0 spiro atoms. The standard InChI is InChI=1S/C35H37ClFN3O4S/c1-25(2)22-38-35(42)33(21-27-13-6-4-7-14-27)39(23-28-15-10-11-19-31(28)37)34(41)24-40(32-20-12-18-30(36)26(32)3)45(43,44)29-16-8-5-9-17-29/h4-20,25,33H,21-24H2,1-3H3,(H,38,42)/t33-/m0/s1. The van der Waals surface area contributed by atoms with Crippen molar-refractivity contribution in [2.24, 2.45) is 5.92 Å². The largest absolute Gasteiger partial charge is 0.354 e. The highest BCUT2D eigenvalue weighted by molar-refractivity contribution is 7.92. The molecule has 0 aliphatic heterocycles. The first-order valence-electron chi connectivity index (χ1n) is 14.7. The van der Waals surface area contributed by atoms with Crippen LogP contribution < -0.4 is 9.62 Å². The molecular formula is C35H37ClFN3O4S. The third-order valence-corrected chi connectivity index (χ3v) is 9.56. The quantitative estimate of drug-likeness (QED) is 0.182. The number of anilines is 1. The first-order chi connectivity index (χ1) is 21.5. The molecule has 0 aromatic heterocycles. The minimum absolute atomic E-state index is 0.0201. The van der Waals surface area contributed by atoms with Gasteiger partial charge in [-0.15, -0.1) is 0 Å². The zero-order chi connectivity index (χ0) is 32.6. The molecule has 0 saturated heterocycles. The van der Waals surface area contributed by atoms with Gasteiger partial charge in [0.2, 0.25) is 11.8 Å². The van der Waals surface area contributed by atoms with E-state index in [2.05, 4.69) is 5.32 Å². The van der Waals surface area contributed by atoms with Crippen LogP contribution in [0.4, 0.5) is 10.1 Å². The summed E-state index contributed by atoms with van der Waals surface area (Å²) in [6, 6.07) is 26.7. The van der Waals surface area contributed by atoms with Crippen LogP contribution >= 0.6 is 11.6 Å². The molecule has 0 aliphatic rings. The van der Waals surface area contributed by atoms with Crippen molar-refractivity contribution < 1.29 is 22.4 Å². The monoisotopic (exact) mass is 649 g/mol. The smallest absolute Gasteiger partial charge is 0.264 e. The number of amides is 2. The molecule has 1 N–H and O–H groups in total. The van der Waals surface area contributed by atoms with Crippen LogP contribution in [0, 0.1) is 18.7 Å². The minimum Gasteiger partial charge on any atom is -0.354 e. The minimum atomic E-state index is -4.28. The molecule has 0 unspecified atom stereocenters. The van der Waals surface area contributed by atoms with E-state index in [1.807, 2.05) is 44.2 Å². The number of hydrogen-bond donors (Lipinski definition) is 1. The fourth-order valence-electron chi connectivity index (χ4n) is 4.89. The maximum atomic E-state index is 15.0. The number of carbonyl (C=O) groups excluding carboxylic acids is 2. The normalized spacial score (nSPS) is 12.0. The van der Waals surface area contributed by atoms with Gasteiger partial charge in [0.05, 0.1) is 10.6 Å². The van der Waals surface area contributed by atoms with Crippen LogP contribution in [0.15, 0.2) is 108 Å². The molecule has 4 rings (SSSR count). The summed E-state index contributed by atoms with van der Waals surface area (Å²) in [5.74, 6) is -1.51. The number of nitrogens with one attached hydrogen (secondary N) is 1. The van der Waals surface area contributed by atoms with Gasteiger partial charge in [-0.3, -0.25) is 13.9 Å². The third kappa shape index (κ3) is 8.49. The molecule has 10 heteroatoms. The van der Waals surface area contributed by atoms with Gasteiger partial charge in [-0.05, 0) is 54.3 Å². The van der Waals surface area contributed by atoms with Crippen molar-refractivity contribution in [3.63, 3.8) is 0 Å². The maximum Gasteiger partial charge on any atom is 0.264 e. The van der Waals surface area contributed by atoms with Crippen molar-refractivity contribution in [3.05, 3.63) is 131 Å². The van der Waals surface area contributed by atoms with Gasteiger partial charge in [0.25, 0.3) is 10.0 Å². The van der Waals surface area contributed by atoms with Crippen LogP contribution in [0.5, 0.6) is 0 Å². The van der Waals surface area contributed by atoms with E-state index < -0.39 is 40.2 Å². The fraction of sp³-hybridized carbons (Fsp3) is 0.257. The van der Waals surface area contributed by atoms with E-state index in [9.17, 15) is 18.0 Å². The number of halogens is 2. The lowest BCUT2D eigenvalue weighted by Gasteiger charge is -2.34. The van der Waals surface area contributed by atoms with Gasteiger partial charge in [-0.2, -0.15) is 0 Å². The molecular weight excluding hydrogens is 613 g/mol. The lowest BCUT2D eigenvalue weighted by atomic mass is 10.0. The van der Waals surface area contributed by atoms with Crippen LogP contribution in [-0.2, 0) is 32.6 Å². The highest BCUT2D eigenvalue weighted by Crippen LogP contribution is 2.31. The topological polar surface area (TPSA) is 86.8 Å². The van der Waals surface area contributed by atoms with E-state index in [4.69, 9.17) is 11.6 Å². The van der Waals surface area contributed by atoms with Crippen LogP contribution in [0.3, 0.4) is 0 Å². The average Bonchev–Trinajstić information content (AvgIpc) is 3.03. The molecule has 45 heavy (non-hydrogen) atoms. The van der Waals surface area contributed by atoms with Crippen molar-refractivity contribution >= 4 is 39.1 Å². The van der Waals surface area contributed by atoms with Gasteiger partial charge in [0, 0.05) is 30.1 Å². The molecule has 0 heterocycles. The van der Waals surface area contributed by atoms with E-state index in [0.29, 0.717) is 17.1 Å². The summed E-state index contributed by atoms with van der Waals surface area (Å²) in [5, 5.41) is 3.25. The number of carbonyl (C=O) groups is 2. The van der Waals surface area contributed by atoms with E-state index >= 15 is 4.39 Å². The second kappa shape index (κ2) is 15.2. The molecule has 0 aliphatic carbocycles. The molecule has 0 saturated carbocycles. The second-order valence-electron chi connectivity index (χ2n) is 11.2. The van der Waals surface area contributed by atoms with E-state index in [0.717, 1.165) is 9.87 Å². The zero-order valence-electron chi connectivity index (χ0n) is 25.5. The lowest BCUT2D eigenvalue weighted by Crippen LogP contribution is -2.54. The molecule has 4 aromatic carbocycles. The highest BCUT2D eigenvalue weighted by atomic mass is 35.5. The summed E-state index contributed by atoms with van der Waals surface area (Å²) >= 11 is 6.41. The number of benzene rings is 4. The Bertz CT molecular complexity index is 1720. The molecule has 1 atom stereocenters. The molecule has 7 nitrogen and oxygen atoms in total. The van der Waals surface area contributed by atoms with E-state index in [1.54, 1.807) is 55.5 Å². The van der Waals surface area contributed by atoms with Gasteiger partial charge < -0.3 is 10.2 Å². The Kier molecular flexibility index (Phi) is 11.4. The van der Waals surface area contributed by atoms with Crippen LogP contribution in [0.25, 0.3) is 0 Å². The van der Waals surface area contributed by atoms with Crippen LogP contribution in [0.2, 0.25) is 5.02 Å². The Morgan fingerprint density at radius 2 is 1.49 bits per heavy atom. The average molecular weight is 650 g/mol. The second-order valence-corrected chi connectivity index (χ2v) is 13.4. The summed E-state index contributed by atoms with van der Waals surface area (Å²) in [4.78, 5) is 29.5. The Labute approximate surface area is 269 Å². The number of rotatable bonds is 13. The number of sulfonamides is 1. The predicted octanol–water partition coefficient (Wildman–Crippen LogP) is 6.40. The van der Waals surface area contributed by atoms with Crippen molar-refractivity contribution in [2.45, 2.75) is 44.7 Å². The molecule has 2 amide bonds. The number of nitrogens with zero attached hydrogens (tertiary/aromatic N) is 2. The first-order valence-corrected chi connectivity index (χ1v) is 16.5. The van der Waals surface area contributed by atoms with E-state index in [-0.39, 0.29) is 35.0 Å². The summed E-state index contributed by atoms with van der Waals surface area (Å²) < 4.78 is 44.3. The predicted molar refractivity (Wildman–Crippen MR) is 176 cm³/mol. The Balaban J connectivity index is 1.83. The van der Waals surface area contributed by atoms with Gasteiger partial charge in [-0.1, -0.05) is 98.2 Å². The van der Waals surface area contributed by atoms with Gasteiger partial charge in [0.15, 0.2) is 0 Å². The van der Waals surface area contributed by atoms with Gasteiger partial charge in [0.1, 0.15) is 18.4 Å². The maximum absolute atomic E-state index is 15.0. The van der Waals surface area contributed by atoms with Gasteiger partial charge >= 0.3 is 0 Å². The Morgan fingerprint density at radius 1 is 0.867 bits per heavy atom. The lowest BCUT2D eigenvalue weighted by molar-refractivity contribution is -0.140. The SMILES string of the molecule is Cc1c(Cl)cccc1N(CC(=O)N(Cc1ccccc1F)[C@@H](Cc1ccccc1)C(=O)NCC(C)C)S(=O)(=O)c1ccccc1. The fourth-order valence-corrected chi connectivity index (χ4v) is 6.55. The third-order valence-electron chi connectivity index (χ3n) is 7.37. The Morgan fingerprint density at radius 3 is 2.13 bits per heavy atom. The summed E-state index contributed by atoms with van der Waals surface area (Å²) in [6.07, 6.45) is 0.132. The summed E-state index contributed by atoms with van der Waals surface area (Å²) in [7, 11) is -4.28. The van der Waals surface area contributed by atoms with Crippen molar-refractivity contribution in [1.82, 2.24) is 10.2 Å². The van der Waals surface area contributed by atoms with Crippen molar-refractivity contribution in [3.8, 4) is 0 Å². The molecule has 0 radical (unpaired) electrons. The molecule has 4 aromatic rings. The van der Waals surface area contributed by atoms with Crippen molar-refractivity contribution in [1.29, 1.82) is 0 Å².